The van der Waals surface area contributed by atoms with Crippen molar-refractivity contribution in [2.75, 3.05) is 12.3 Å². The molecule has 2 aromatic rings. The fraction of sp³-hybridized carbons (Fsp3) is 0.421. The van der Waals surface area contributed by atoms with Gasteiger partial charge in [-0.1, -0.05) is 10.1 Å². The van der Waals surface area contributed by atoms with Crippen molar-refractivity contribution in [3.05, 3.63) is 33.7 Å². The fourth-order valence-electron chi connectivity index (χ4n) is 3.96. The Morgan fingerprint density at radius 2 is 2.03 bits per heavy atom. The lowest BCUT2D eigenvalue weighted by Gasteiger charge is -2.23. The third-order valence-corrected chi connectivity index (χ3v) is 6.94. The first-order chi connectivity index (χ1) is 16.4. The molecule has 3 rings (SSSR count). The maximum atomic E-state index is 12.7. The van der Waals surface area contributed by atoms with Crippen molar-refractivity contribution in [3.63, 3.8) is 0 Å². The van der Waals surface area contributed by atoms with Crippen LogP contribution in [0.5, 0.6) is 0 Å². The number of carboxylic acid groups (broad SMARTS) is 1. The molecule has 6 N–H and O–H groups in total. The quantitative estimate of drug-likeness (QED) is 0.0647. The summed E-state index contributed by atoms with van der Waals surface area (Å²) >= 11 is 1.28. The molecule has 1 aliphatic carbocycles. The van der Waals surface area contributed by atoms with Crippen molar-refractivity contribution < 1.29 is 48.4 Å². The lowest BCUT2D eigenvalue weighted by atomic mass is 9.92. The van der Waals surface area contributed by atoms with E-state index in [9.17, 15) is 14.4 Å². The van der Waals surface area contributed by atoms with Crippen LogP contribution in [0.25, 0.3) is 11.0 Å². The average Bonchev–Trinajstić information content (AvgIpc) is 3.25. The van der Waals surface area contributed by atoms with Gasteiger partial charge in [0.15, 0.2) is 5.58 Å². The van der Waals surface area contributed by atoms with Crippen LogP contribution in [-0.2, 0) is 34.8 Å². The summed E-state index contributed by atoms with van der Waals surface area (Å²) in [6.45, 7) is 0.181. The number of amides is 1. The largest absolute Gasteiger partial charge is 0.481 e. The van der Waals surface area contributed by atoms with E-state index in [4.69, 9.17) is 25.8 Å². The van der Waals surface area contributed by atoms with E-state index in [0.717, 1.165) is 12.0 Å². The van der Waals surface area contributed by atoms with Crippen molar-refractivity contribution in [1.82, 2.24) is 5.32 Å². The lowest BCUT2D eigenvalue weighted by molar-refractivity contribution is -0.432. The highest BCUT2D eigenvalue weighted by Gasteiger charge is 2.37. The molecule has 2 unspecified atom stereocenters. The van der Waals surface area contributed by atoms with E-state index in [2.05, 4.69) is 24.1 Å². The van der Waals surface area contributed by atoms with Gasteiger partial charge >= 0.3 is 11.6 Å². The first-order valence-corrected chi connectivity index (χ1v) is 11.6. The highest BCUT2D eigenvalue weighted by molar-refractivity contribution is 7.95. The van der Waals surface area contributed by atoms with Gasteiger partial charge in [-0.2, -0.15) is 0 Å². The van der Waals surface area contributed by atoms with Gasteiger partial charge in [0.05, 0.1) is 23.0 Å². The second-order valence-electron chi connectivity index (χ2n) is 7.34. The Hall–Kier alpha value is -2.37. The number of nitrogens with two attached hydrogens (primary N) is 1. The smallest absolute Gasteiger partial charge is 0.339 e. The Kier molecular flexibility index (Phi) is 9.54. The standard InChI is InChI=1S/C19H22N2O11S2/c20-12-6-5-10-16-9(3-4-11(16)19(25)28-17(10)18(12)34-32-30-27)13(33-31-29-26)8-14(22)21-7-1-2-15(23)24/h5-6,9,13,26-27H,1-4,7-8,20H2,(H,21,22)(H,23,24). The van der Waals surface area contributed by atoms with E-state index in [-0.39, 0.29) is 53.8 Å². The second kappa shape index (κ2) is 12.4. The van der Waals surface area contributed by atoms with Gasteiger partial charge in [-0.3, -0.25) is 9.59 Å². The molecule has 0 radical (unpaired) electrons. The Labute approximate surface area is 200 Å². The minimum absolute atomic E-state index is 0.0645. The minimum Gasteiger partial charge on any atom is -0.481 e. The number of nitrogens with one attached hydrogen (secondary N) is 1. The normalized spacial score (nSPS) is 15.9. The zero-order valence-electron chi connectivity index (χ0n) is 17.6. The molecule has 1 aromatic carbocycles. The molecular formula is C19H22N2O11S2. The van der Waals surface area contributed by atoms with E-state index >= 15 is 0 Å². The van der Waals surface area contributed by atoms with Crippen molar-refractivity contribution in [2.24, 2.45) is 0 Å². The maximum Gasteiger partial charge on any atom is 0.339 e. The van der Waals surface area contributed by atoms with Gasteiger partial charge in [-0.05, 0) is 37.0 Å². The summed E-state index contributed by atoms with van der Waals surface area (Å²) in [4.78, 5) is 36.1. The number of aliphatic carboxylic acids is 1. The molecule has 1 aromatic heterocycles. The highest BCUT2D eigenvalue weighted by atomic mass is 32.2. The number of nitrogen functional groups attached to an aromatic ring is 1. The third-order valence-electron chi connectivity index (χ3n) is 5.34. The van der Waals surface area contributed by atoms with E-state index < -0.39 is 16.8 Å². The van der Waals surface area contributed by atoms with E-state index in [0.29, 0.717) is 41.4 Å². The van der Waals surface area contributed by atoms with Crippen LogP contribution in [0.1, 0.15) is 42.7 Å². The number of benzene rings is 1. The van der Waals surface area contributed by atoms with Crippen LogP contribution in [0.15, 0.2) is 26.2 Å². The summed E-state index contributed by atoms with van der Waals surface area (Å²) in [5, 5.41) is 35.8. The van der Waals surface area contributed by atoms with Crippen LogP contribution in [0.2, 0.25) is 0 Å². The molecular weight excluding hydrogens is 496 g/mol. The molecule has 0 saturated heterocycles. The number of carbonyl (C=O) groups excluding carboxylic acids is 1. The molecule has 34 heavy (non-hydrogen) atoms. The highest BCUT2D eigenvalue weighted by Crippen LogP contribution is 2.46. The fourth-order valence-corrected chi connectivity index (χ4v) is 5.22. The molecule has 0 bridgehead atoms. The SMILES string of the molecule is Nc1ccc2c3c(c(=O)oc2c1SOOO)CCC3C(CC(=O)NCCCC(=O)O)SOOO. The Morgan fingerprint density at radius 3 is 2.74 bits per heavy atom. The van der Waals surface area contributed by atoms with Crippen LogP contribution < -0.4 is 16.7 Å². The summed E-state index contributed by atoms with van der Waals surface area (Å²) < 4.78 is 14.6. The molecule has 0 aliphatic heterocycles. The molecule has 1 heterocycles. The molecule has 2 atom stereocenters. The monoisotopic (exact) mass is 518 g/mol. The van der Waals surface area contributed by atoms with Crippen LogP contribution in [0, 0.1) is 0 Å². The summed E-state index contributed by atoms with van der Waals surface area (Å²) in [5.74, 6) is -1.69. The number of anilines is 1. The third kappa shape index (κ3) is 6.19. The summed E-state index contributed by atoms with van der Waals surface area (Å²) in [5.41, 5.74) is 6.80. The van der Waals surface area contributed by atoms with Crippen molar-refractivity contribution >= 4 is 52.6 Å². The predicted molar refractivity (Wildman–Crippen MR) is 119 cm³/mol. The van der Waals surface area contributed by atoms with Gasteiger partial charge < -0.3 is 20.6 Å². The topological polar surface area (TPSA) is 200 Å². The van der Waals surface area contributed by atoms with Gasteiger partial charge in [0, 0.05) is 48.3 Å². The van der Waals surface area contributed by atoms with E-state index in [1.54, 1.807) is 12.1 Å². The zero-order valence-corrected chi connectivity index (χ0v) is 19.2. The molecule has 186 valence electrons. The van der Waals surface area contributed by atoms with Crippen LogP contribution >= 0.6 is 24.1 Å². The number of carboxylic acids is 1. The molecule has 15 heteroatoms. The van der Waals surface area contributed by atoms with Crippen molar-refractivity contribution in [1.29, 1.82) is 0 Å². The molecule has 13 nitrogen and oxygen atoms in total. The van der Waals surface area contributed by atoms with Crippen molar-refractivity contribution in [2.45, 2.75) is 48.2 Å². The number of rotatable bonds is 13. The van der Waals surface area contributed by atoms with Crippen LogP contribution in [0.3, 0.4) is 0 Å². The second-order valence-corrected chi connectivity index (χ2v) is 8.99. The van der Waals surface area contributed by atoms with Gasteiger partial charge in [0.2, 0.25) is 5.91 Å². The van der Waals surface area contributed by atoms with E-state index in [1.165, 1.54) is 0 Å². The predicted octanol–water partition coefficient (Wildman–Crippen LogP) is 2.64. The number of hydrogen-bond donors (Lipinski definition) is 5. The van der Waals surface area contributed by atoms with Crippen LogP contribution in [0.4, 0.5) is 5.69 Å². The maximum absolute atomic E-state index is 12.7. The van der Waals surface area contributed by atoms with Crippen molar-refractivity contribution in [3.8, 4) is 0 Å². The summed E-state index contributed by atoms with van der Waals surface area (Å²) in [7, 11) is 0. The lowest BCUT2D eigenvalue weighted by Crippen LogP contribution is -2.30. The van der Waals surface area contributed by atoms with Gasteiger partial charge in [0.25, 0.3) is 0 Å². The number of carbonyl (C=O) groups is 2. The number of fused-ring (bicyclic) bond motifs is 3. The minimum atomic E-state index is -0.960. The molecule has 0 spiro atoms. The Bertz CT molecular complexity index is 1090. The molecule has 1 aliphatic rings. The summed E-state index contributed by atoms with van der Waals surface area (Å²) in [6, 6.07) is 3.25. The van der Waals surface area contributed by atoms with E-state index in [1.807, 2.05) is 0 Å². The average molecular weight is 519 g/mol. The first kappa shape index (κ1) is 26.2. The van der Waals surface area contributed by atoms with Gasteiger partial charge in [-0.25, -0.2) is 15.3 Å². The Morgan fingerprint density at radius 1 is 1.26 bits per heavy atom. The summed E-state index contributed by atoms with van der Waals surface area (Å²) in [6.07, 6.45) is 1.01. The van der Waals surface area contributed by atoms with Gasteiger partial charge in [-0.15, -0.1) is 8.67 Å². The first-order valence-electron chi connectivity index (χ1n) is 10.0. The zero-order chi connectivity index (χ0) is 24.7. The van der Waals surface area contributed by atoms with Crippen LogP contribution in [-0.4, -0.2) is 39.3 Å². The molecule has 1 amide bonds. The molecule has 0 saturated carbocycles. The van der Waals surface area contributed by atoms with Gasteiger partial charge in [0.1, 0.15) is 4.90 Å². The Balaban J connectivity index is 1.92. The number of hydrogen-bond acceptors (Lipinski definition) is 13. The molecule has 0 fully saturated rings.